The Bertz CT molecular complexity index is 1030. The van der Waals surface area contributed by atoms with Gasteiger partial charge >= 0.3 is 0 Å². The van der Waals surface area contributed by atoms with Crippen molar-refractivity contribution in [3.63, 3.8) is 0 Å². The lowest BCUT2D eigenvalue weighted by Crippen LogP contribution is -2.46. The second-order valence-electron chi connectivity index (χ2n) is 7.85. The molecule has 0 spiro atoms. The monoisotopic (exact) mass is 435 g/mol. The van der Waals surface area contributed by atoms with Gasteiger partial charge in [-0.1, -0.05) is 0 Å². The van der Waals surface area contributed by atoms with Crippen molar-refractivity contribution in [1.29, 1.82) is 0 Å². The minimum atomic E-state index is -0.536. The fourth-order valence-electron chi connectivity index (χ4n) is 4.28. The summed E-state index contributed by atoms with van der Waals surface area (Å²) in [6.45, 7) is 6.21. The van der Waals surface area contributed by atoms with E-state index >= 15 is 0 Å². The predicted molar refractivity (Wildman–Crippen MR) is 116 cm³/mol. The molecule has 3 heterocycles. The third-order valence-corrected chi connectivity index (χ3v) is 6.01. The molecular weight excluding hydrogens is 410 g/mol. The van der Waals surface area contributed by atoms with Gasteiger partial charge < -0.3 is 9.80 Å². The number of imide groups is 1. The fraction of sp³-hybridized carbons (Fsp3) is 0.391. The van der Waals surface area contributed by atoms with Crippen molar-refractivity contribution >= 4 is 29.3 Å². The van der Waals surface area contributed by atoms with E-state index in [1.54, 1.807) is 34.1 Å². The molecule has 1 atom stereocenters. The van der Waals surface area contributed by atoms with E-state index in [2.05, 4.69) is 9.97 Å². The molecule has 0 saturated carbocycles. The van der Waals surface area contributed by atoms with Crippen molar-refractivity contribution < 1.29 is 19.2 Å². The van der Waals surface area contributed by atoms with E-state index in [0.29, 0.717) is 37.4 Å². The molecule has 9 nitrogen and oxygen atoms in total. The number of aromatic nitrogens is 2. The Morgan fingerprint density at radius 2 is 1.59 bits per heavy atom. The molecule has 0 bridgehead atoms. The van der Waals surface area contributed by atoms with E-state index in [4.69, 9.17) is 0 Å². The average Bonchev–Trinajstić information content (AvgIpc) is 3.09. The van der Waals surface area contributed by atoms with Crippen molar-refractivity contribution in [1.82, 2.24) is 19.8 Å². The summed E-state index contributed by atoms with van der Waals surface area (Å²) in [6.07, 6.45) is 4.29. The van der Waals surface area contributed by atoms with Gasteiger partial charge in [0.25, 0.3) is 17.7 Å². The second-order valence-corrected chi connectivity index (χ2v) is 7.85. The van der Waals surface area contributed by atoms with Crippen LogP contribution in [0.2, 0.25) is 0 Å². The third kappa shape index (κ3) is 3.74. The maximum absolute atomic E-state index is 13.1. The number of likely N-dealkylation sites (tertiary alicyclic amines) is 1. The minimum Gasteiger partial charge on any atom is -0.343 e. The van der Waals surface area contributed by atoms with Gasteiger partial charge in [0.05, 0.1) is 11.6 Å². The number of fused-ring (bicyclic) bond motifs is 1. The van der Waals surface area contributed by atoms with Crippen molar-refractivity contribution in [2.75, 3.05) is 31.1 Å². The van der Waals surface area contributed by atoms with Gasteiger partial charge in [0, 0.05) is 44.1 Å². The predicted octanol–water partition coefficient (Wildman–Crippen LogP) is 2.00. The van der Waals surface area contributed by atoms with Crippen LogP contribution in [0.5, 0.6) is 0 Å². The summed E-state index contributed by atoms with van der Waals surface area (Å²) in [7, 11) is 0. The summed E-state index contributed by atoms with van der Waals surface area (Å²) < 4.78 is 0. The van der Waals surface area contributed by atoms with Crippen LogP contribution in [0.3, 0.4) is 0 Å². The van der Waals surface area contributed by atoms with Crippen molar-refractivity contribution in [2.45, 2.75) is 26.7 Å². The van der Waals surface area contributed by atoms with Crippen LogP contribution in [0.4, 0.5) is 5.69 Å². The van der Waals surface area contributed by atoms with Crippen LogP contribution >= 0.6 is 0 Å². The average molecular weight is 435 g/mol. The summed E-state index contributed by atoms with van der Waals surface area (Å²) in [5, 5.41) is 0. The minimum absolute atomic E-state index is 0.0230. The summed E-state index contributed by atoms with van der Waals surface area (Å²) >= 11 is 0. The van der Waals surface area contributed by atoms with Gasteiger partial charge in [-0.3, -0.25) is 19.2 Å². The topological polar surface area (TPSA) is 104 Å². The lowest BCUT2D eigenvalue weighted by atomic mass is 9.95. The lowest BCUT2D eigenvalue weighted by molar-refractivity contribution is -0.136. The van der Waals surface area contributed by atoms with Gasteiger partial charge in [-0.25, -0.2) is 14.9 Å². The highest BCUT2D eigenvalue weighted by molar-refractivity contribution is 6.33. The first-order valence-electron chi connectivity index (χ1n) is 10.8. The van der Waals surface area contributed by atoms with E-state index in [-0.39, 0.29) is 29.1 Å². The van der Waals surface area contributed by atoms with Crippen molar-refractivity contribution in [3.05, 3.63) is 53.6 Å². The first-order chi connectivity index (χ1) is 15.5. The second kappa shape index (κ2) is 8.86. The Labute approximate surface area is 186 Å². The SMILES string of the molecule is CCN(CC)C(=O)[C@@H]1CCCN(C(=O)c2ccc(N3C(=O)c4nccnc4C3=O)cc2)C1. The number of carbonyl (C=O) groups is 4. The summed E-state index contributed by atoms with van der Waals surface area (Å²) in [5.74, 6) is -1.34. The molecule has 1 aromatic carbocycles. The Balaban J connectivity index is 1.48. The molecule has 0 unspecified atom stereocenters. The van der Waals surface area contributed by atoms with Crippen LogP contribution in [0.1, 0.15) is 58.0 Å². The quantitative estimate of drug-likeness (QED) is 0.666. The van der Waals surface area contributed by atoms with E-state index in [0.717, 1.165) is 17.7 Å². The number of nitrogens with zero attached hydrogens (tertiary/aromatic N) is 5. The zero-order chi connectivity index (χ0) is 22.8. The zero-order valence-electron chi connectivity index (χ0n) is 18.2. The number of piperidine rings is 1. The smallest absolute Gasteiger partial charge is 0.286 e. The molecule has 32 heavy (non-hydrogen) atoms. The van der Waals surface area contributed by atoms with Crippen LogP contribution in [-0.4, -0.2) is 69.6 Å². The highest BCUT2D eigenvalue weighted by atomic mass is 16.2. The molecule has 166 valence electrons. The van der Waals surface area contributed by atoms with Gasteiger partial charge in [-0.2, -0.15) is 0 Å². The molecule has 0 aliphatic carbocycles. The van der Waals surface area contributed by atoms with E-state index in [9.17, 15) is 19.2 Å². The molecular formula is C23H25N5O4. The molecule has 4 rings (SSSR count). The van der Waals surface area contributed by atoms with Gasteiger partial charge in [0.1, 0.15) is 0 Å². The molecule has 1 saturated heterocycles. The van der Waals surface area contributed by atoms with Gasteiger partial charge in [0.15, 0.2) is 11.4 Å². The number of carbonyl (C=O) groups excluding carboxylic acids is 4. The molecule has 2 aliphatic rings. The lowest BCUT2D eigenvalue weighted by Gasteiger charge is -2.34. The van der Waals surface area contributed by atoms with Crippen molar-refractivity contribution in [2.24, 2.45) is 5.92 Å². The summed E-state index contributed by atoms with van der Waals surface area (Å²) in [6, 6.07) is 6.32. The first kappa shape index (κ1) is 21.6. The number of anilines is 1. The van der Waals surface area contributed by atoms with Crippen LogP contribution in [-0.2, 0) is 4.79 Å². The van der Waals surface area contributed by atoms with Gasteiger partial charge in [-0.15, -0.1) is 0 Å². The number of hydrogen-bond acceptors (Lipinski definition) is 6. The molecule has 4 amide bonds. The Hall–Kier alpha value is -3.62. The third-order valence-electron chi connectivity index (χ3n) is 6.01. The molecule has 0 N–H and O–H groups in total. The first-order valence-corrected chi connectivity index (χ1v) is 10.8. The van der Waals surface area contributed by atoms with Gasteiger partial charge in [-0.05, 0) is 51.0 Å². The van der Waals surface area contributed by atoms with Crippen LogP contribution < -0.4 is 4.90 Å². The molecule has 2 aliphatic heterocycles. The standard InChI is InChI=1S/C23H25N5O4/c1-3-26(4-2)21(30)16-6-5-13-27(14-16)20(29)15-7-9-17(10-8-15)28-22(31)18-19(23(28)32)25-12-11-24-18/h7-12,16H,3-6,13-14H2,1-2H3/t16-/m1/s1. The van der Waals surface area contributed by atoms with E-state index in [1.165, 1.54) is 12.4 Å². The molecule has 1 fully saturated rings. The molecule has 1 aromatic heterocycles. The molecule has 9 heteroatoms. The largest absolute Gasteiger partial charge is 0.343 e. The maximum atomic E-state index is 13.1. The Kier molecular flexibility index (Phi) is 5.98. The number of benzene rings is 1. The molecule has 2 aromatic rings. The van der Waals surface area contributed by atoms with Gasteiger partial charge in [0.2, 0.25) is 5.91 Å². The van der Waals surface area contributed by atoms with E-state index in [1.807, 2.05) is 13.8 Å². The molecule has 0 radical (unpaired) electrons. The number of hydrogen-bond donors (Lipinski definition) is 0. The maximum Gasteiger partial charge on any atom is 0.286 e. The Morgan fingerprint density at radius 3 is 2.16 bits per heavy atom. The van der Waals surface area contributed by atoms with Crippen LogP contribution in [0.15, 0.2) is 36.7 Å². The van der Waals surface area contributed by atoms with E-state index < -0.39 is 11.8 Å². The number of amides is 4. The number of rotatable bonds is 5. The van der Waals surface area contributed by atoms with Crippen LogP contribution in [0, 0.1) is 5.92 Å². The highest BCUT2D eigenvalue weighted by Crippen LogP contribution is 2.27. The summed E-state index contributed by atoms with van der Waals surface area (Å²) in [5.41, 5.74) is 0.840. The van der Waals surface area contributed by atoms with Crippen LogP contribution in [0.25, 0.3) is 0 Å². The zero-order valence-corrected chi connectivity index (χ0v) is 18.2. The fourth-order valence-corrected chi connectivity index (χ4v) is 4.28. The normalized spacial score (nSPS) is 18.0. The summed E-state index contributed by atoms with van der Waals surface area (Å²) in [4.78, 5) is 63.3. The van der Waals surface area contributed by atoms with Crippen molar-refractivity contribution in [3.8, 4) is 0 Å². The Morgan fingerprint density at radius 1 is 1.00 bits per heavy atom. The highest BCUT2D eigenvalue weighted by Gasteiger charge is 2.39.